The number of methoxy groups -OCH3 is 2. The van der Waals surface area contributed by atoms with Crippen molar-refractivity contribution in [2.45, 2.75) is 13.0 Å². The van der Waals surface area contributed by atoms with Gasteiger partial charge in [-0.1, -0.05) is 35.9 Å². The number of amides is 1. The molecule has 0 heterocycles. The van der Waals surface area contributed by atoms with Crippen LogP contribution >= 0.6 is 11.6 Å². The molecular formula is C17H18ClNO3. The van der Waals surface area contributed by atoms with E-state index in [4.69, 9.17) is 21.1 Å². The van der Waals surface area contributed by atoms with Crippen molar-refractivity contribution in [3.05, 3.63) is 58.6 Å². The smallest absolute Gasteiger partial charge is 0.224 e. The number of hydrogen-bond acceptors (Lipinski definition) is 3. The molecule has 0 saturated heterocycles. The molecule has 2 rings (SSSR count). The van der Waals surface area contributed by atoms with Gasteiger partial charge in [0, 0.05) is 17.1 Å². The van der Waals surface area contributed by atoms with Gasteiger partial charge < -0.3 is 14.8 Å². The van der Waals surface area contributed by atoms with Crippen LogP contribution in [0.1, 0.15) is 11.1 Å². The van der Waals surface area contributed by atoms with E-state index in [9.17, 15) is 4.79 Å². The molecule has 0 aliphatic heterocycles. The molecule has 0 aliphatic carbocycles. The van der Waals surface area contributed by atoms with Gasteiger partial charge in [-0.05, 0) is 23.8 Å². The lowest BCUT2D eigenvalue weighted by atomic mass is 10.1. The van der Waals surface area contributed by atoms with Crippen LogP contribution in [0.25, 0.3) is 0 Å². The number of rotatable bonds is 6. The highest BCUT2D eigenvalue weighted by molar-refractivity contribution is 6.31. The van der Waals surface area contributed by atoms with Gasteiger partial charge in [-0.15, -0.1) is 0 Å². The predicted molar refractivity (Wildman–Crippen MR) is 86.5 cm³/mol. The molecule has 2 aromatic carbocycles. The zero-order valence-electron chi connectivity index (χ0n) is 12.6. The summed E-state index contributed by atoms with van der Waals surface area (Å²) in [5, 5.41) is 3.39. The van der Waals surface area contributed by atoms with Crippen molar-refractivity contribution in [2.24, 2.45) is 0 Å². The first-order chi connectivity index (χ1) is 10.6. The largest absolute Gasteiger partial charge is 0.497 e. The summed E-state index contributed by atoms with van der Waals surface area (Å²) in [6, 6.07) is 12.9. The van der Waals surface area contributed by atoms with Gasteiger partial charge in [-0.25, -0.2) is 0 Å². The molecule has 0 unspecified atom stereocenters. The normalized spacial score (nSPS) is 10.1. The summed E-state index contributed by atoms with van der Waals surface area (Å²) in [6.07, 6.45) is 0.220. The molecule has 5 heteroatoms. The van der Waals surface area contributed by atoms with Crippen molar-refractivity contribution < 1.29 is 14.3 Å². The summed E-state index contributed by atoms with van der Waals surface area (Å²) in [5.41, 5.74) is 1.69. The molecule has 1 N–H and O–H groups in total. The topological polar surface area (TPSA) is 47.6 Å². The van der Waals surface area contributed by atoms with Crippen molar-refractivity contribution in [3.8, 4) is 11.5 Å². The Morgan fingerprint density at radius 2 is 1.86 bits per heavy atom. The van der Waals surface area contributed by atoms with E-state index >= 15 is 0 Å². The van der Waals surface area contributed by atoms with Crippen LogP contribution in [0, 0.1) is 0 Å². The molecule has 2 aromatic rings. The van der Waals surface area contributed by atoms with Crippen LogP contribution in [0.3, 0.4) is 0 Å². The summed E-state index contributed by atoms with van der Waals surface area (Å²) in [5.74, 6) is 1.33. The predicted octanol–water partition coefficient (Wildman–Crippen LogP) is 3.22. The number of carbonyl (C=O) groups is 1. The van der Waals surface area contributed by atoms with Gasteiger partial charge in [-0.2, -0.15) is 0 Å². The molecule has 1 amide bonds. The Bertz CT molecular complexity index is 658. The van der Waals surface area contributed by atoms with E-state index in [1.807, 2.05) is 24.3 Å². The molecule has 0 radical (unpaired) electrons. The third-order valence-corrected chi connectivity index (χ3v) is 3.63. The fourth-order valence-electron chi connectivity index (χ4n) is 2.08. The average molecular weight is 320 g/mol. The minimum Gasteiger partial charge on any atom is -0.497 e. The summed E-state index contributed by atoms with van der Waals surface area (Å²) >= 11 is 6.14. The highest BCUT2D eigenvalue weighted by Crippen LogP contribution is 2.23. The quantitative estimate of drug-likeness (QED) is 0.889. The Morgan fingerprint density at radius 3 is 2.55 bits per heavy atom. The molecule has 0 aromatic heterocycles. The molecule has 0 bridgehead atoms. The fourth-order valence-corrected chi connectivity index (χ4v) is 2.31. The van der Waals surface area contributed by atoms with Gasteiger partial charge in [0.05, 0.1) is 20.6 Å². The van der Waals surface area contributed by atoms with E-state index in [1.54, 1.807) is 32.4 Å². The third kappa shape index (κ3) is 4.15. The highest BCUT2D eigenvalue weighted by atomic mass is 35.5. The highest BCUT2D eigenvalue weighted by Gasteiger charge is 2.09. The number of para-hydroxylation sites is 1. The van der Waals surface area contributed by atoms with Crippen molar-refractivity contribution in [3.63, 3.8) is 0 Å². The van der Waals surface area contributed by atoms with E-state index in [2.05, 4.69) is 5.32 Å². The lowest BCUT2D eigenvalue weighted by Crippen LogP contribution is -2.24. The lowest BCUT2D eigenvalue weighted by molar-refractivity contribution is -0.120. The number of nitrogens with one attached hydrogen (secondary N) is 1. The van der Waals surface area contributed by atoms with Gasteiger partial charge in [0.15, 0.2) is 0 Å². The molecule has 0 spiro atoms. The zero-order chi connectivity index (χ0) is 15.9. The van der Waals surface area contributed by atoms with E-state index in [0.717, 1.165) is 16.9 Å². The maximum Gasteiger partial charge on any atom is 0.224 e. The first kappa shape index (κ1) is 16.2. The SMILES string of the molecule is COc1ccc(CC(=O)NCc2ccccc2OC)c(Cl)c1. The second-order valence-corrected chi connectivity index (χ2v) is 5.13. The third-order valence-electron chi connectivity index (χ3n) is 3.28. The van der Waals surface area contributed by atoms with Crippen LogP contribution in [0.5, 0.6) is 11.5 Å². The van der Waals surface area contributed by atoms with E-state index < -0.39 is 0 Å². The maximum absolute atomic E-state index is 12.1. The van der Waals surface area contributed by atoms with Gasteiger partial charge in [0.25, 0.3) is 0 Å². The van der Waals surface area contributed by atoms with Crippen LogP contribution < -0.4 is 14.8 Å². The molecule has 0 fully saturated rings. The summed E-state index contributed by atoms with van der Waals surface area (Å²) < 4.78 is 10.3. The summed E-state index contributed by atoms with van der Waals surface area (Å²) in [6.45, 7) is 0.413. The molecule has 4 nitrogen and oxygen atoms in total. The second-order valence-electron chi connectivity index (χ2n) is 4.72. The van der Waals surface area contributed by atoms with Crippen LogP contribution in [-0.2, 0) is 17.8 Å². The molecule has 0 saturated carbocycles. The van der Waals surface area contributed by atoms with Crippen LogP contribution in [-0.4, -0.2) is 20.1 Å². The lowest BCUT2D eigenvalue weighted by Gasteiger charge is -2.10. The molecule has 0 aliphatic rings. The Labute approximate surface area is 135 Å². The van der Waals surface area contributed by atoms with E-state index in [-0.39, 0.29) is 12.3 Å². The minimum absolute atomic E-state index is 0.0991. The van der Waals surface area contributed by atoms with E-state index in [0.29, 0.717) is 17.3 Å². The Kier molecular flexibility index (Phi) is 5.67. The Balaban J connectivity index is 1.96. The minimum atomic E-state index is -0.0991. The van der Waals surface area contributed by atoms with Gasteiger partial charge in [0.2, 0.25) is 5.91 Å². The summed E-state index contributed by atoms with van der Waals surface area (Å²) in [4.78, 5) is 12.1. The number of halogens is 1. The van der Waals surface area contributed by atoms with Crippen molar-refractivity contribution in [1.29, 1.82) is 0 Å². The monoisotopic (exact) mass is 319 g/mol. The zero-order valence-corrected chi connectivity index (χ0v) is 13.3. The van der Waals surface area contributed by atoms with Crippen molar-refractivity contribution in [1.82, 2.24) is 5.32 Å². The summed E-state index contributed by atoms with van der Waals surface area (Å²) in [7, 11) is 3.18. The van der Waals surface area contributed by atoms with Crippen LogP contribution in [0.2, 0.25) is 5.02 Å². The molecular weight excluding hydrogens is 302 g/mol. The molecule has 22 heavy (non-hydrogen) atoms. The standard InChI is InChI=1S/C17H18ClNO3/c1-21-14-8-7-12(15(18)10-14)9-17(20)19-11-13-5-3-4-6-16(13)22-2/h3-8,10H,9,11H2,1-2H3,(H,19,20). The Hall–Kier alpha value is -2.20. The second kappa shape index (κ2) is 7.71. The maximum atomic E-state index is 12.1. The number of benzene rings is 2. The average Bonchev–Trinajstić information content (AvgIpc) is 2.55. The van der Waals surface area contributed by atoms with Crippen molar-refractivity contribution in [2.75, 3.05) is 14.2 Å². The van der Waals surface area contributed by atoms with Gasteiger partial charge in [-0.3, -0.25) is 4.79 Å². The number of ether oxygens (including phenoxy) is 2. The Morgan fingerprint density at radius 1 is 1.09 bits per heavy atom. The van der Waals surface area contributed by atoms with Gasteiger partial charge in [0.1, 0.15) is 11.5 Å². The number of hydrogen-bond donors (Lipinski definition) is 1. The van der Waals surface area contributed by atoms with Gasteiger partial charge >= 0.3 is 0 Å². The first-order valence-corrected chi connectivity index (χ1v) is 7.23. The molecule has 0 atom stereocenters. The van der Waals surface area contributed by atoms with Crippen molar-refractivity contribution >= 4 is 17.5 Å². The molecule has 116 valence electrons. The van der Waals surface area contributed by atoms with Crippen LogP contribution in [0.4, 0.5) is 0 Å². The fraction of sp³-hybridized carbons (Fsp3) is 0.235. The van der Waals surface area contributed by atoms with Crippen LogP contribution in [0.15, 0.2) is 42.5 Å². The first-order valence-electron chi connectivity index (χ1n) is 6.85. The number of carbonyl (C=O) groups excluding carboxylic acids is 1. The van der Waals surface area contributed by atoms with E-state index in [1.165, 1.54) is 0 Å².